The molecule has 7 rings (SSSR count). The van der Waals surface area contributed by atoms with Crippen LogP contribution < -0.4 is 10.4 Å². The second kappa shape index (κ2) is 9.26. The Bertz CT molecular complexity index is 1750. The summed E-state index contributed by atoms with van der Waals surface area (Å²) in [6.07, 6.45) is 0. The maximum atomic E-state index is 4.87. The van der Waals surface area contributed by atoms with Gasteiger partial charge in [0.05, 0.1) is 0 Å². The molecule has 0 radical (unpaired) electrons. The fourth-order valence-corrected chi connectivity index (χ4v) is 8.74. The molecule has 0 saturated heterocycles. The van der Waals surface area contributed by atoms with E-state index >= 15 is 0 Å². The quantitative estimate of drug-likeness (QED) is 0.230. The topological polar surface area (TPSA) is 38.7 Å². The monoisotopic (exact) mass is 517 g/mol. The zero-order valence-corrected chi connectivity index (χ0v) is 23.0. The highest BCUT2D eigenvalue weighted by Gasteiger charge is 2.37. The van der Waals surface area contributed by atoms with Crippen LogP contribution in [0.1, 0.15) is 0 Å². The minimum Gasteiger partial charge on any atom is -0.208 e. The third-order valence-corrected chi connectivity index (χ3v) is 11.3. The van der Waals surface area contributed by atoms with Gasteiger partial charge in [0.15, 0.2) is 17.5 Å². The van der Waals surface area contributed by atoms with Gasteiger partial charge in [-0.05, 0) is 32.6 Å². The van der Waals surface area contributed by atoms with E-state index in [0.717, 1.165) is 16.7 Å². The van der Waals surface area contributed by atoms with Crippen molar-refractivity contribution in [3.05, 3.63) is 127 Å². The van der Waals surface area contributed by atoms with Crippen molar-refractivity contribution in [1.29, 1.82) is 0 Å². The lowest BCUT2D eigenvalue weighted by atomic mass is 9.99. The highest BCUT2D eigenvalue weighted by Crippen LogP contribution is 2.32. The summed E-state index contributed by atoms with van der Waals surface area (Å²) in [5.74, 6) is 2.02. The predicted molar refractivity (Wildman–Crippen MR) is 164 cm³/mol. The highest BCUT2D eigenvalue weighted by molar-refractivity contribution is 7.03. The first-order valence-corrected chi connectivity index (χ1v) is 16.3. The average molecular weight is 518 g/mol. The summed E-state index contributed by atoms with van der Waals surface area (Å²) in [4.78, 5) is 14.6. The van der Waals surface area contributed by atoms with Crippen LogP contribution in [-0.2, 0) is 0 Å². The van der Waals surface area contributed by atoms with Gasteiger partial charge in [-0.15, -0.1) is 0 Å². The predicted octanol–water partition coefficient (Wildman–Crippen LogP) is 7.34. The van der Waals surface area contributed by atoms with Crippen LogP contribution in [0.5, 0.6) is 0 Å². The Labute approximate surface area is 229 Å². The molecular weight excluding hydrogens is 490 g/mol. The fourth-order valence-electron chi connectivity index (χ4n) is 5.63. The zero-order chi connectivity index (χ0) is 26.4. The molecule has 0 bridgehead atoms. The molecule has 0 atom stereocenters. The molecule has 186 valence electrons. The molecule has 0 aliphatic carbocycles. The first-order valence-electron chi connectivity index (χ1n) is 13.3. The number of rotatable bonds is 4. The van der Waals surface area contributed by atoms with Crippen LogP contribution in [-0.4, -0.2) is 23.0 Å². The summed E-state index contributed by atoms with van der Waals surface area (Å²) >= 11 is 0. The minimum absolute atomic E-state index is 0.673. The fraction of sp³-hybridized carbons (Fsp3) is 0.0571. The maximum Gasteiger partial charge on any atom is 0.164 e. The highest BCUT2D eigenvalue weighted by atomic mass is 28.3. The third-order valence-electron chi connectivity index (χ3n) is 7.76. The normalized spacial score (nSPS) is 13.1. The number of aromatic nitrogens is 3. The van der Waals surface area contributed by atoms with Crippen molar-refractivity contribution in [2.24, 2.45) is 0 Å². The molecule has 0 N–H and O–H groups in total. The van der Waals surface area contributed by atoms with E-state index in [4.69, 9.17) is 15.0 Å². The van der Waals surface area contributed by atoms with E-state index in [2.05, 4.69) is 79.8 Å². The summed E-state index contributed by atoms with van der Waals surface area (Å²) in [6, 6.07) is 44.7. The summed E-state index contributed by atoms with van der Waals surface area (Å²) < 4.78 is 0. The SMILES string of the molecule is C[Si]1(C)c2ccccc2-c2ccc(-c3ccc(-c4nc(-c5ccccc5)nc(-c5ccccc5)n4)cc3)cc21. The maximum absolute atomic E-state index is 4.87. The molecule has 2 heterocycles. The van der Waals surface area contributed by atoms with Gasteiger partial charge < -0.3 is 0 Å². The second-order valence-corrected chi connectivity index (χ2v) is 14.9. The van der Waals surface area contributed by atoms with Crippen molar-refractivity contribution in [2.45, 2.75) is 13.1 Å². The van der Waals surface area contributed by atoms with E-state index in [1.807, 2.05) is 60.7 Å². The molecule has 0 spiro atoms. The lowest BCUT2D eigenvalue weighted by Gasteiger charge is -2.19. The van der Waals surface area contributed by atoms with E-state index in [9.17, 15) is 0 Å². The van der Waals surface area contributed by atoms with E-state index in [1.165, 1.54) is 32.6 Å². The summed E-state index contributed by atoms with van der Waals surface area (Å²) in [5, 5.41) is 3.05. The molecular formula is C35H27N3Si. The molecule has 5 aromatic carbocycles. The van der Waals surface area contributed by atoms with Crippen LogP contribution in [0.3, 0.4) is 0 Å². The van der Waals surface area contributed by atoms with Gasteiger partial charge in [-0.2, -0.15) is 0 Å². The minimum atomic E-state index is -1.71. The van der Waals surface area contributed by atoms with Crippen LogP contribution in [0.4, 0.5) is 0 Å². The lowest BCUT2D eigenvalue weighted by molar-refractivity contribution is 1.07. The van der Waals surface area contributed by atoms with Crippen molar-refractivity contribution in [2.75, 3.05) is 0 Å². The van der Waals surface area contributed by atoms with E-state index in [-0.39, 0.29) is 0 Å². The zero-order valence-electron chi connectivity index (χ0n) is 22.0. The summed E-state index contributed by atoms with van der Waals surface area (Å²) in [7, 11) is -1.71. The molecule has 1 aromatic heterocycles. The standard InChI is InChI=1S/C35H27N3Si/c1-39(2)31-16-10-9-15-29(31)30-22-21-28(23-32(30)39)24-17-19-27(20-18-24)35-37-33(25-11-5-3-6-12-25)36-34(38-35)26-13-7-4-8-14-26/h3-23H,1-2H3. The Balaban J connectivity index is 1.28. The van der Waals surface area contributed by atoms with Crippen LogP contribution in [0.25, 0.3) is 56.4 Å². The van der Waals surface area contributed by atoms with Crippen LogP contribution >= 0.6 is 0 Å². The molecule has 1 aliphatic rings. The van der Waals surface area contributed by atoms with E-state index in [1.54, 1.807) is 0 Å². The van der Waals surface area contributed by atoms with Crippen LogP contribution in [0.2, 0.25) is 13.1 Å². The van der Waals surface area contributed by atoms with Gasteiger partial charge in [-0.3, -0.25) is 0 Å². The summed E-state index contributed by atoms with van der Waals surface area (Å²) in [6.45, 7) is 4.92. The van der Waals surface area contributed by atoms with E-state index in [0.29, 0.717) is 17.5 Å². The smallest absolute Gasteiger partial charge is 0.164 e. The van der Waals surface area contributed by atoms with Gasteiger partial charge in [0.1, 0.15) is 8.07 Å². The first kappa shape index (κ1) is 23.4. The van der Waals surface area contributed by atoms with Crippen LogP contribution in [0.15, 0.2) is 127 Å². The molecule has 0 amide bonds. The van der Waals surface area contributed by atoms with Crippen molar-refractivity contribution in [1.82, 2.24) is 15.0 Å². The number of hydrogen-bond acceptors (Lipinski definition) is 3. The Kier molecular flexibility index (Phi) is 5.57. The van der Waals surface area contributed by atoms with Gasteiger partial charge in [0, 0.05) is 16.7 Å². The van der Waals surface area contributed by atoms with Gasteiger partial charge in [0.25, 0.3) is 0 Å². The third kappa shape index (κ3) is 4.10. The molecule has 3 nitrogen and oxygen atoms in total. The van der Waals surface area contributed by atoms with Gasteiger partial charge in [-0.1, -0.05) is 140 Å². The molecule has 6 aromatic rings. The molecule has 0 fully saturated rings. The van der Waals surface area contributed by atoms with Crippen molar-refractivity contribution >= 4 is 18.4 Å². The average Bonchev–Trinajstić information content (AvgIpc) is 3.24. The van der Waals surface area contributed by atoms with Gasteiger partial charge in [-0.25, -0.2) is 15.0 Å². The second-order valence-electron chi connectivity index (χ2n) is 10.5. The van der Waals surface area contributed by atoms with Crippen molar-refractivity contribution < 1.29 is 0 Å². The Morgan fingerprint density at radius 2 is 0.821 bits per heavy atom. The first-order chi connectivity index (χ1) is 19.1. The van der Waals surface area contributed by atoms with Crippen LogP contribution in [0, 0.1) is 0 Å². The number of nitrogens with zero attached hydrogens (tertiary/aromatic N) is 3. The molecule has 39 heavy (non-hydrogen) atoms. The van der Waals surface area contributed by atoms with Crippen molar-refractivity contribution in [3.63, 3.8) is 0 Å². The number of benzene rings is 5. The number of fused-ring (bicyclic) bond motifs is 3. The molecule has 0 unspecified atom stereocenters. The van der Waals surface area contributed by atoms with Crippen molar-refractivity contribution in [3.8, 4) is 56.4 Å². The summed E-state index contributed by atoms with van der Waals surface area (Å²) in [5.41, 5.74) is 8.17. The molecule has 1 aliphatic heterocycles. The Morgan fingerprint density at radius 1 is 0.385 bits per heavy atom. The lowest BCUT2D eigenvalue weighted by Crippen LogP contribution is -2.49. The van der Waals surface area contributed by atoms with Gasteiger partial charge in [0.2, 0.25) is 0 Å². The van der Waals surface area contributed by atoms with E-state index < -0.39 is 8.07 Å². The number of hydrogen-bond donors (Lipinski definition) is 0. The van der Waals surface area contributed by atoms with Gasteiger partial charge >= 0.3 is 0 Å². The Hall–Kier alpha value is -4.67. The Morgan fingerprint density at radius 3 is 1.41 bits per heavy atom. The molecule has 0 saturated carbocycles. The molecule has 4 heteroatoms. The largest absolute Gasteiger partial charge is 0.208 e.